The van der Waals surface area contributed by atoms with Crippen LogP contribution in [-0.4, -0.2) is 35.4 Å². The van der Waals surface area contributed by atoms with Crippen molar-refractivity contribution < 1.29 is 19.3 Å². The molecule has 1 saturated heterocycles. The largest absolute Gasteiger partial charge is 0.394 e. The maximum absolute atomic E-state index is 12.3. The van der Waals surface area contributed by atoms with Gasteiger partial charge in [0.1, 0.15) is 0 Å². The van der Waals surface area contributed by atoms with Crippen molar-refractivity contribution in [2.75, 3.05) is 6.61 Å². The highest BCUT2D eigenvalue weighted by Gasteiger charge is 2.33. The molecule has 1 heterocycles. The third-order valence-electron chi connectivity index (χ3n) is 1.33. The zero-order valence-electron chi connectivity index (χ0n) is 4.83. The first kappa shape index (κ1) is 6.92. The van der Waals surface area contributed by atoms with E-state index in [1.807, 2.05) is 0 Å². The van der Waals surface area contributed by atoms with Crippen LogP contribution in [0.4, 0.5) is 4.39 Å². The van der Waals surface area contributed by atoms with E-state index in [0.29, 0.717) is 0 Å². The second-order valence-corrected chi connectivity index (χ2v) is 2.08. The maximum atomic E-state index is 12.3. The van der Waals surface area contributed by atoms with Gasteiger partial charge in [-0.1, -0.05) is 0 Å². The smallest absolute Gasteiger partial charge is 0.186 e. The van der Waals surface area contributed by atoms with E-state index in [-0.39, 0.29) is 13.0 Å². The molecule has 1 unspecified atom stereocenters. The SMILES string of the molecule is OC[C@@H]1CC(F)[C@H](O)O1. The highest BCUT2D eigenvalue weighted by molar-refractivity contribution is 4.74. The van der Waals surface area contributed by atoms with Gasteiger partial charge in [-0.2, -0.15) is 0 Å². The van der Waals surface area contributed by atoms with E-state index in [9.17, 15) is 4.39 Å². The molecule has 1 aliphatic heterocycles. The van der Waals surface area contributed by atoms with E-state index in [0.717, 1.165) is 0 Å². The van der Waals surface area contributed by atoms with E-state index in [1.165, 1.54) is 0 Å². The fourth-order valence-electron chi connectivity index (χ4n) is 0.823. The third kappa shape index (κ3) is 1.38. The monoisotopic (exact) mass is 136 g/mol. The summed E-state index contributed by atoms with van der Waals surface area (Å²) in [4.78, 5) is 0. The fourth-order valence-corrected chi connectivity index (χ4v) is 0.823. The molecule has 1 aliphatic rings. The summed E-state index contributed by atoms with van der Waals surface area (Å²) in [5.74, 6) is 0. The number of ether oxygens (including phenoxy) is 1. The van der Waals surface area contributed by atoms with Gasteiger partial charge in [0.2, 0.25) is 0 Å². The molecule has 0 aromatic rings. The number of aliphatic hydroxyl groups excluding tert-OH is 2. The van der Waals surface area contributed by atoms with E-state index < -0.39 is 18.6 Å². The first-order chi connectivity index (χ1) is 4.24. The molecule has 3 atom stereocenters. The molecule has 1 rings (SSSR count). The van der Waals surface area contributed by atoms with Crippen molar-refractivity contribution >= 4 is 0 Å². The predicted molar refractivity (Wildman–Crippen MR) is 27.5 cm³/mol. The third-order valence-corrected chi connectivity index (χ3v) is 1.33. The number of rotatable bonds is 1. The summed E-state index contributed by atoms with van der Waals surface area (Å²) in [6, 6.07) is 0. The van der Waals surface area contributed by atoms with Gasteiger partial charge in [0.25, 0.3) is 0 Å². The molecule has 0 saturated carbocycles. The second-order valence-electron chi connectivity index (χ2n) is 2.08. The molecule has 0 amide bonds. The summed E-state index contributed by atoms with van der Waals surface area (Å²) in [5.41, 5.74) is 0. The minimum atomic E-state index is -1.33. The van der Waals surface area contributed by atoms with Crippen LogP contribution >= 0.6 is 0 Å². The van der Waals surface area contributed by atoms with Gasteiger partial charge in [-0.15, -0.1) is 0 Å². The summed E-state index contributed by atoms with van der Waals surface area (Å²) < 4.78 is 16.8. The van der Waals surface area contributed by atoms with E-state index in [2.05, 4.69) is 4.74 Å². The Bertz CT molecular complexity index is 88.2. The molecular formula is C5H9FO3. The molecule has 0 spiro atoms. The molecule has 2 N–H and O–H groups in total. The molecule has 4 heteroatoms. The fraction of sp³-hybridized carbons (Fsp3) is 1.00. The normalized spacial score (nSPS) is 43.7. The van der Waals surface area contributed by atoms with Crippen molar-refractivity contribution in [3.63, 3.8) is 0 Å². The number of aliphatic hydroxyl groups is 2. The maximum Gasteiger partial charge on any atom is 0.186 e. The van der Waals surface area contributed by atoms with Crippen LogP contribution in [0, 0.1) is 0 Å². The first-order valence-corrected chi connectivity index (χ1v) is 2.82. The van der Waals surface area contributed by atoms with Crippen molar-refractivity contribution in [3.05, 3.63) is 0 Å². The molecule has 9 heavy (non-hydrogen) atoms. The standard InChI is InChI=1S/C5H9FO3/c6-4-1-3(2-7)9-5(4)8/h3-5,7-8H,1-2H2/t3-,4?,5+/m0/s1. The van der Waals surface area contributed by atoms with Crippen molar-refractivity contribution in [3.8, 4) is 0 Å². The zero-order chi connectivity index (χ0) is 6.85. The summed E-state index contributed by atoms with van der Waals surface area (Å²) in [7, 11) is 0. The summed E-state index contributed by atoms with van der Waals surface area (Å²) >= 11 is 0. The van der Waals surface area contributed by atoms with Gasteiger partial charge in [0.15, 0.2) is 12.5 Å². The molecule has 0 aromatic carbocycles. The predicted octanol–water partition coefficient (Wildman–Crippen LogP) is -0.576. The van der Waals surface area contributed by atoms with Crippen LogP contribution in [0.3, 0.4) is 0 Å². The van der Waals surface area contributed by atoms with Crippen LogP contribution in [0.25, 0.3) is 0 Å². The molecule has 3 nitrogen and oxygen atoms in total. The lowest BCUT2D eigenvalue weighted by atomic mass is 10.2. The summed E-state index contributed by atoms with van der Waals surface area (Å²) in [5, 5.41) is 17.0. The molecule has 0 bridgehead atoms. The van der Waals surface area contributed by atoms with Gasteiger partial charge in [-0.3, -0.25) is 0 Å². The zero-order valence-corrected chi connectivity index (χ0v) is 4.83. The average Bonchev–Trinajstić information content (AvgIpc) is 2.13. The average molecular weight is 136 g/mol. The Labute approximate surface area is 52.1 Å². The molecule has 0 aliphatic carbocycles. The van der Waals surface area contributed by atoms with Gasteiger partial charge < -0.3 is 14.9 Å². The highest BCUT2D eigenvalue weighted by atomic mass is 19.1. The highest BCUT2D eigenvalue weighted by Crippen LogP contribution is 2.20. The van der Waals surface area contributed by atoms with Crippen LogP contribution < -0.4 is 0 Å². The van der Waals surface area contributed by atoms with E-state index in [4.69, 9.17) is 10.2 Å². The van der Waals surface area contributed by atoms with Crippen molar-refractivity contribution in [1.82, 2.24) is 0 Å². The van der Waals surface area contributed by atoms with Crippen LogP contribution in [-0.2, 0) is 4.74 Å². The Balaban J connectivity index is 2.35. The van der Waals surface area contributed by atoms with E-state index >= 15 is 0 Å². The lowest BCUT2D eigenvalue weighted by molar-refractivity contribution is -0.119. The number of hydrogen-bond acceptors (Lipinski definition) is 3. The van der Waals surface area contributed by atoms with E-state index in [1.54, 1.807) is 0 Å². The van der Waals surface area contributed by atoms with Crippen LogP contribution in [0.5, 0.6) is 0 Å². The minimum Gasteiger partial charge on any atom is -0.394 e. The van der Waals surface area contributed by atoms with Gasteiger partial charge in [0.05, 0.1) is 12.7 Å². The lowest BCUT2D eigenvalue weighted by Gasteiger charge is -2.04. The number of alkyl halides is 1. The second kappa shape index (κ2) is 2.60. The lowest BCUT2D eigenvalue weighted by Crippen LogP contribution is -2.16. The van der Waals surface area contributed by atoms with Gasteiger partial charge >= 0.3 is 0 Å². The first-order valence-electron chi connectivity index (χ1n) is 2.82. The molecule has 54 valence electrons. The summed E-state index contributed by atoms with van der Waals surface area (Å²) in [6.45, 7) is -0.225. The van der Waals surface area contributed by atoms with Crippen LogP contribution in [0.1, 0.15) is 6.42 Å². The summed E-state index contributed by atoms with van der Waals surface area (Å²) in [6.07, 6.45) is -3.09. The van der Waals surface area contributed by atoms with Gasteiger partial charge in [0, 0.05) is 6.42 Å². The van der Waals surface area contributed by atoms with Crippen molar-refractivity contribution in [2.45, 2.75) is 25.0 Å². The van der Waals surface area contributed by atoms with Crippen LogP contribution in [0.2, 0.25) is 0 Å². The van der Waals surface area contributed by atoms with Gasteiger partial charge in [-0.25, -0.2) is 4.39 Å². The quantitative estimate of drug-likeness (QED) is 0.507. The number of hydrogen-bond donors (Lipinski definition) is 2. The Morgan fingerprint density at radius 3 is 2.56 bits per heavy atom. The molecule has 1 fully saturated rings. The minimum absolute atomic E-state index is 0.0949. The Hall–Kier alpha value is -0.190. The van der Waals surface area contributed by atoms with Crippen molar-refractivity contribution in [2.24, 2.45) is 0 Å². The Morgan fingerprint density at radius 1 is 1.67 bits per heavy atom. The topological polar surface area (TPSA) is 49.7 Å². The van der Waals surface area contributed by atoms with Crippen LogP contribution in [0.15, 0.2) is 0 Å². The molecule has 0 aromatic heterocycles. The van der Waals surface area contributed by atoms with Gasteiger partial charge in [-0.05, 0) is 0 Å². The number of halogens is 1. The Morgan fingerprint density at radius 2 is 2.33 bits per heavy atom. The molecular weight excluding hydrogens is 127 g/mol. The Kier molecular flexibility index (Phi) is 2.00. The van der Waals surface area contributed by atoms with Crippen molar-refractivity contribution in [1.29, 1.82) is 0 Å². The molecule has 0 radical (unpaired) electrons.